The van der Waals surface area contributed by atoms with Crippen LogP contribution in [0.3, 0.4) is 0 Å². The summed E-state index contributed by atoms with van der Waals surface area (Å²) in [7, 11) is 1.63. The normalized spacial score (nSPS) is 23.1. The van der Waals surface area contributed by atoms with Crippen molar-refractivity contribution in [2.24, 2.45) is 0 Å². The molecule has 0 bridgehead atoms. The summed E-state index contributed by atoms with van der Waals surface area (Å²) < 4.78 is 5.07. The van der Waals surface area contributed by atoms with Crippen LogP contribution in [-0.4, -0.2) is 30.3 Å². The molecule has 1 aliphatic carbocycles. The fourth-order valence-electron chi connectivity index (χ4n) is 2.68. The Kier molecular flexibility index (Phi) is 5.56. The van der Waals surface area contributed by atoms with Crippen LogP contribution in [0.15, 0.2) is 24.3 Å². The summed E-state index contributed by atoms with van der Waals surface area (Å²) in [5.74, 6) is -0.117. The topological polar surface area (TPSA) is 58.6 Å². The van der Waals surface area contributed by atoms with E-state index < -0.39 is 6.10 Å². The van der Waals surface area contributed by atoms with Crippen LogP contribution in [0.4, 0.5) is 0 Å². The standard InChI is InChI=1S/C16H23NO3/c1-20-11-12-6-5-7-13(10-12)16(19)17-14-8-3-2-4-9-15(14)18/h5-7,10,14-15,18H,2-4,8-9,11H2,1H3,(H,17,19). The lowest BCUT2D eigenvalue weighted by Crippen LogP contribution is -2.42. The van der Waals surface area contributed by atoms with Gasteiger partial charge in [0.2, 0.25) is 0 Å². The molecule has 1 aromatic carbocycles. The molecule has 2 rings (SSSR count). The van der Waals surface area contributed by atoms with Gasteiger partial charge in [0.05, 0.1) is 18.8 Å². The molecule has 1 aliphatic rings. The zero-order chi connectivity index (χ0) is 14.4. The fourth-order valence-corrected chi connectivity index (χ4v) is 2.68. The lowest BCUT2D eigenvalue weighted by atomic mass is 10.0. The number of rotatable bonds is 4. The third-order valence-electron chi connectivity index (χ3n) is 3.80. The number of hydrogen-bond donors (Lipinski definition) is 2. The molecule has 0 spiro atoms. The molecular weight excluding hydrogens is 254 g/mol. The zero-order valence-electron chi connectivity index (χ0n) is 12.0. The Hall–Kier alpha value is -1.39. The molecule has 0 aliphatic heterocycles. The van der Waals surface area contributed by atoms with Crippen molar-refractivity contribution >= 4 is 5.91 Å². The van der Waals surface area contributed by atoms with Gasteiger partial charge in [0.25, 0.3) is 5.91 Å². The van der Waals surface area contributed by atoms with Crippen LogP contribution in [0, 0.1) is 0 Å². The molecule has 2 atom stereocenters. The van der Waals surface area contributed by atoms with Crippen LogP contribution < -0.4 is 5.32 Å². The van der Waals surface area contributed by atoms with E-state index in [1.54, 1.807) is 13.2 Å². The van der Waals surface area contributed by atoms with Crippen molar-refractivity contribution < 1.29 is 14.6 Å². The van der Waals surface area contributed by atoms with Crippen molar-refractivity contribution in [2.45, 2.75) is 50.9 Å². The smallest absolute Gasteiger partial charge is 0.251 e. The summed E-state index contributed by atoms with van der Waals surface area (Å²) in [4.78, 5) is 12.3. The summed E-state index contributed by atoms with van der Waals surface area (Å²) in [5.41, 5.74) is 1.59. The largest absolute Gasteiger partial charge is 0.391 e. The number of hydrogen-bond acceptors (Lipinski definition) is 3. The molecule has 1 aromatic rings. The van der Waals surface area contributed by atoms with Crippen LogP contribution in [0.25, 0.3) is 0 Å². The second-order valence-corrected chi connectivity index (χ2v) is 5.42. The van der Waals surface area contributed by atoms with E-state index in [0.717, 1.165) is 37.7 Å². The highest BCUT2D eigenvalue weighted by Gasteiger charge is 2.23. The molecule has 0 radical (unpaired) electrons. The monoisotopic (exact) mass is 277 g/mol. The molecule has 0 saturated heterocycles. The van der Waals surface area contributed by atoms with Crippen molar-refractivity contribution in [3.05, 3.63) is 35.4 Å². The number of nitrogens with one attached hydrogen (secondary N) is 1. The van der Waals surface area contributed by atoms with Gasteiger partial charge in [-0.2, -0.15) is 0 Å². The Morgan fingerprint density at radius 2 is 2.15 bits per heavy atom. The van der Waals surface area contributed by atoms with E-state index in [2.05, 4.69) is 5.32 Å². The number of aliphatic hydroxyl groups is 1. The molecule has 1 fully saturated rings. The predicted octanol–water partition coefficient (Wildman–Crippen LogP) is 2.26. The van der Waals surface area contributed by atoms with Gasteiger partial charge in [0.1, 0.15) is 0 Å². The Bertz CT molecular complexity index is 447. The summed E-state index contributed by atoms with van der Waals surface area (Å²) in [6.45, 7) is 0.493. The van der Waals surface area contributed by atoms with Crippen molar-refractivity contribution in [2.75, 3.05) is 7.11 Å². The number of amides is 1. The highest BCUT2D eigenvalue weighted by Crippen LogP contribution is 2.18. The molecule has 2 N–H and O–H groups in total. The van der Waals surface area contributed by atoms with Gasteiger partial charge in [-0.25, -0.2) is 0 Å². The van der Waals surface area contributed by atoms with Gasteiger partial charge in [-0.1, -0.05) is 31.4 Å². The second-order valence-electron chi connectivity index (χ2n) is 5.42. The van der Waals surface area contributed by atoms with Crippen LogP contribution >= 0.6 is 0 Å². The highest BCUT2D eigenvalue weighted by molar-refractivity contribution is 5.94. The average molecular weight is 277 g/mol. The summed E-state index contributed by atoms with van der Waals surface area (Å²) in [6.07, 6.45) is 4.43. The number of aliphatic hydroxyl groups excluding tert-OH is 1. The SMILES string of the molecule is COCc1cccc(C(=O)NC2CCCCCC2O)c1. The number of carbonyl (C=O) groups is 1. The average Bonchev–Trinajstić information content (AvgIpc) is 2.65. The number of methoxy groups -OCH3 is 1. The Morgan fingerprint density at radius 3 is 2.95 bits per heavy atom. The quantitative estimate of drug-likeness (QED) is 0.830. The third kappa shape index (κ3) is 4.05. The zero-order valence-corrected chi connectivity index (χ0v) is 12.0. The lowest BCUT2D eigenvalue weighted by Gasteiger charge is -2.21. The van der Waals surface area contributed by atoms with E-state index in [4.69, 9.17) is 4.74 Å². The maximum atomic E-state index is 12.3. The molecule has 4 heteroatoms. The van der Waals surface area contributed by atoms with Crippen molar-refractivity contribution in [3.8, 4) is 0 Å². The molecular formula is C16H23NO3. The van der Waals surface area contributed by atoms with Crippen LogP contribution in [-0.2, 0) is 11.3 Å². The summed E-state index contributed by atoms with van der Waals surface area (Å²) in [6, 6.07) is 7.28. The minimum atomic E-state index is -0.427. The molecule has 20 heavy (non-hydrogen) atoms. The van der Waals surface area contributed by atoms with Gasteiger partial charge >= 0.3 is 0 Å². The molecule has 110 valence electrons. The predicted molar refractivity (Wildman–Crippen MR) is 77.5 cm³/mol. The van der Waals surface area contributed by atoms with E-state index in [0.29, 0.717) is 12.2 Å². The molecule has 0 aromatic heterocycles. The molecule has 2 unspecified atom stereocenters. The van der Waals surface area contributed by atoms with E-state index in [-0.39, 0.29) is 11.9 Å². The van der Waals surface area contributed by atoms with Crippen molar-refractivity contribution in [1.29, 1.82) is 0 Å². The van der Waals surface area contributed by atoms with Crippen LogP contribution in [0.1, 0.15) is 48.0 Å². The summed E-state index contributed by atoms with van der Waals surface area (Å²) in [5, 5.41) is 13.0. The fraction of sp³-hybridized carbons (Fsp3) is 0.562. The number of benzene rings is 1. The third-order valence-corrected chi connectivity index (χ3v) is 3.80. The van der Waals surface area contributed by atoms with Gasteiger partial charge in [0.15, 0.2) is 0 Å². The van der Waals surface area contributed by atoms with Crippen molar-refractivity contribution in [1.82, 2.24) is 5.32 Å². The second kappa shape index (κ2) is 7.41. The minimum Gasteiger partial charge on any atom is -0.391 e. The molecule has 1 amide bonds. The maximum absolute atomic E-state index is 12.3. The first-order valence-electron chi connectivity index (χ1n) is 7.27. The molecule has 4 nitrogen and oxygen atoms in total. The maximum Gasteiger partial charge on any atom is 0.251 e. The Morgan fingerprint density at radius 1 is 1.35 bits per heavy atom. The molecule has 1 saturated carbocycles. The van der Waals surface area contributed by atoms with Crippen LogP contribution in [0.5, 0.6) is 0 Å². The van der Waals surface area contributed by atoms with Crippen LogP contribution in [0.2, 0.25) is 0 Å². The van der Waals surface area contributed by atoms with Gasteiger partial charge in [-0.3, -0.25) is 4.79 Å². The van der Waals surface area contributed by atoms with E-state index in [1.165, 1.54) is 0 Å². The minimum absolute atomic E-state index is 0.117. The molecule has 0 heterocycles. The van der Waals surface area contributed by atoms with Gasteiger partial charge in [-0.05, 0) is 30.5 Å². The highest BCUT2D eigenvalue weighted by atomic mass is 16.5. The van der Waals surface area contributed by atoms with E-state index in [9.17, 15) is 9.90 Å². The van der Waals surface area contributed by atoms with E-state index in [1.807, 2.05) is 18.2 Å². The first-order valence-corrected chi connectivity index (χ1v) is 7.27. The first-order chi connectivity index (χ1) is 9.70. The summed E-state index contributed by atoms with van der Waals surface area (Å²) >= 11 is 0. The van der Waals surface area contributed by atoms with E-state index >= 15 is 0 Å². The first kappa shape index (κ1) is 15.0. The van der Waals surface area contributed by atoms with Gasteiger partial charge < -0.3 is 15.2 Å². The number of ether oxygens (including phenoxy) is 1. The van der Waals surface area contributed by atoms with Crippen molar-refractivity contribution in [3.63, 3.8) is 0 Å². The Balaban J connectivity index is 2.01. The van der Waals surface area contributed by atoms with Gasteiger partial charge in [0, 0.05) is 12.7 Å². The number of carbonyl (C=O) groups excluding carboxylic acids is 1. The Labute approximate surface area is 120 Å². The lowest BCUT2D eigenvalue weighted by molar-refractivity contribution is 0.0818. The van der Waals surface area contributed by atoms with Gasteiger partial charge in [-0.15, -0.1) is 0 Å².